The summed E-state index contributed by atoms with van der Waals surface area (Å²) < 4.78 is 28.1. The van der Waals surface area contributed by atoms with Gasteiger partial charge in [-0.05, 0) is 33.2 Å². The summed E-state index contributed by atoms with van der Waals surface area (Å²) in [4.78, 5) is 1.91. The van der Waals surface area contributed by atoms with Gasteiger partial charge in [-0.1, -0.05) is 48.5 Å². The fourth-order valence-electron chi connectivity index (χ4n) is 3.78. The maximum Gasteiger partial charge on any atom is 0.258 e. The molecule has 2 nitrogen and oxygen atoms in total. The Balaban J connectivity index is 0.00000121. The van der Waals surface area contributed by atoms with Crippen molar-refractivity contribution in [2.24, 2.45) is 0 Å². The van der Waals surface area contributed by atoms with E-state index >= 15 is 0 Å². The van der Waals surface area contributed by atoms with Gasteiger partial charge in [0.1, 0.15) is 0 Å². The molecule has 0 aromatic heterocycles. The minimum atomic E-state index is -2.41. The number of nitrogens with one attached hydrogen (secondary N) is 1. The number of fused-ring (bicyclic) bond motifs is 3. The SMILES string of the molecule is Cl.Cl.FC(F)[C@H](c1cc2ccccc2c2ccccc12)N1CCNCC1. The van der Waals surface area contributed by atoms with Crippen LogP contribution in [0.4, 0.5) is 8.78 Å². The van der Waals surface area contributed by atoms with E-state index in [1.54, 1.807) is 0 Å². The first-order valence-corrected chi connectivity index (χ1v) is 8.39. The Labute approximate surface area is 164 Å². The van der Waals surface area contributed by atoms with E-state index in [9.17, 15) is 8.78 Å². The molecule has 0 saturated carbocycles. The van der Waals surface area contributed by atoms with Crippen LogP contribution < -0.4 is 5.32 Å². The highest BCUT2D eigenvalue weighted by molar-refractivity contribution is 6.09. The third-order valence-corrected chi connectivity index (χ3v) is 4.90. The summed E-state index contributed by atoms with van der Waals surface area (Å²) in [5, 5.41) is 7.35. The van der Waals surface area contributed by atoms with Crippen LogP contribution in [-0.4, -0.2) is 37.5 Å². The van der Waals surface area contributed by atoms with E-state index in [0.717, 1.165) is 40.2 Å². The van der Waals surface area contributed by atoms with Crippen LogP contribution in [0.5, 0.6) is 0 Å². The van der Waals surface area contributed by atoms with Crippen LogP contribution in [0.25, 0.3) is 21.5 Å². The molecule has 0 spiro atoms. The number of rotatable bonds is 3. The monoisotopic (exact) mass is 398 g/mol. The van der Waals surface area contributed by atoms with Gasteiger partial charge in [0, 0.05) is 26.2 Å². The molecule has 1 fully saturated rings. The summed E-state index contributed by atoms with van der Waals surface area (Å²) in [6, 6.07) is 17.0. The molecule has 140 valence electrons. The fourth-order valence-corrected chi connectivity index (χ4v) is 3.78. The number of alkyl halides is 2. The first kappa shape index (κ1) is 20.8. The van der Waals surface area contributed by atoms with Gasteiger partial charge in [0.05, 0.1) is 6.04 Å². The molecule has 1 heterocycles. The highest BCUT2D eigenvalue weighted by Gasteiger charge is 2.31. The van der Waals surface area contributed by atoms with E-state index in [1.807, 2.05) is 53.4 Å². The predicted octanol–water partition coefficient (Wildman–Crippen LogP) is 5.05. The minimum absolute atomic E-state index is 0. The third-order valence-electron chi connectivity index (χ3n) is 4.90. The van der Waals surface area contributed by atoms with E-state index in [-0.39, 0.29) is 24.8 Å². The number of piperazine rings is 1. The quantitative estimate of drug-likeness (QED) is 0.621. The topological polar surface area (TPSA) is 15.3 Å². The maximum atomic E-state index is 14.0. The molecule has 1 aliphatic rings. The smallest absolute Gasteiger partial charge is 0.258 e. The van der Waals surface area contributed by atoms with Crippen molar-refractivity contribution in [3.05, 3.63) is 60.2 Å². The van der Waals surface area contributed by atoms with E-state index in [0.29, 0.717) is 13.1 Å². The van der Waals surface area contributed by atoms with Crippen LogP contribution in [0, 0.1) is 0 Å². The summed E-state index contributed by atoms with van der Waals surface area (Å²) in [7, 11) is 0. The lowest BCUT2D eigenvalue weighted by atomic mass is 9.92. The standard InChI is InChI=1S/C20H20F2N2.2ClH/c21-20(22)19(24-11-9-23-10-12-24)18-13-14-5-1-2-6-15(14)16-7-3-4-8-17(16)18;;/h1-8,13,19-20,23H,9-12H2;2*1H/t19-;;/m0../s1. The summed E-state index contributed by atoms with van der Waals surface area (Å²) in [6.45, 7) is 2.82. The van der Waals surface area contributed by atoms with Crippen LogP contribution in [-0.2, 0) is 0 Å². The van der Waals surface area contributed by atoms with E-state index in [2.05, 4.69) is 11.4 Å². The van der Waals surface area contributed by atoms with Gasteiger partial charge < -0.3 is 5.32 Å². The van der Waals surface area contributed by atoms with Gasteiger partial charge in [0.25, 0.3) is 6.43 Å². The largest absolute Gasteiger partial charge is 0.314 e. The van der Waals surface area contributed by atoms with Gasteiger partial charge in [-0.3, -0.25) is 4.90 Å². The van der Waals surface area contributed by atoms with Gasteiger partial charge in [-0.15, -0.1) is 24.8 Å². The molecule has 1 atom stereocenters. The zero-order valence-electron chi connectivity index (χ0n) is 14.2. The van der Waals surface area contributed by atoms with Gasteiger partial charge in [-0.2, -0.15) is 0 Å². The summed E-state index contributed by atoms with van der Waals surface area (Å²) in [6.07, 6.45) is -2.41. The Morgan fingerprint density at radius 2 is 1.38 bits per heavy atom. The molecule has 3 aromatic rings. The van der Waals surface area contributed by atoms with E-state index in [1.165, 1.54) is 0 Å². The van der Waals surface area contributed by atoms with Gasteiger partial charge in [-0.25, -0.2) is 8.78 Å². The van der Waals surface area contributed by atoms with Crippen LogP contribution >= 0.6 is 24.8 Å². The van der Waals surface area contributed by atoms with Crippen LogP contribution in [0.15, 0.2) is 54.6 Å². The second kappa shape index (κ2) is 8.96. The van der Waals surface area contributed by atoms with Gasteiger partial charge in [0.15, 0.2) is 0 Å². The van der Waals surface area contributed by atoms with E-state index < -0.39 is 12.5 Å². The van der Waals surface area contributed by atoms with Crippen molar-refractivity contribution >= 4 is 46.4 Å². The second-order valence-corrected chi connectivity index (χ2v) is 6.30. The van der Waals surface area contributed by atoms with E-state index in [4.69, 9.17) is 0 Å². The lowest BCUT2D eigenvalue weighted by Gasteiger charge is -2.35. The normalized spacial score (nSPS) is 16.3. The molecular weight excluding hydrogens is 377 g/mol. The van der Waals surface area contributed by atoms with Crippen molar-refractivity contribution in [3.63, 3.8) is 0 Å². The molecule has 0 bridgehead atoms. The zero-order chi connectivity index (χ0) is 16.5. The Morgan fingerprint density at radius 3 is 2.04 bits per heavy atom. The molecule has 3 aromatic carbocycles. The Hall–Kier alpha value is -1.46. The molecule has 26 heavy (non-hydrogen) atoms. The summed E-state index contributed by atoms with van der Waals surface area (Å²) >= 11 is 0. The average Bonchev–Trinajstić information content (AvgIpc) is 2.63. The molecule has 0 radical (unpaired) electrons. The molecule has 1 saturated heterocycles. The van der Waals surface area contributed by atoms with Crippen molar-refractivity contribution in [1.82, 2.24) is 10.2 Å². The highest BCUT2D eigenvalue weighted by atomic mass is 35.5. The zero-order valence-corrected chi connectivity index (χ0v) is 15.8. The lowest BCUT2D eigenvalue weighted by Crippen LogP contribution is -2.46. The molecule has 1 aliphatic heterocycles. The average molecular weight is 399 g/mol. The lowest BCUT2D eigenvalue weighted by molar-refractivity contribution is 0.0189. The minimum Gasteiger partial charge on any atom is -0.314 e. The Kier molecular flexibility index (Phi) is 7.18. The summed E-state index contributed by atoms with van der Waals surface area (Å²) in [5.41, 5.74) is 0.737. The van der Waals surface area contributed by atoms with Crippen molar-refractivity contribution in [2.75, 3.05) is 26.2 Å². The van der Waals surface area contributed by atoms with Crippen molar-refractivity contribution in [3.8, 4) is 0 Å². The number of nitrogens with zero attached hydrogens (tertiary/aromatic N) is 1. The van der Waals surface area contributed by atoms with Crippen LogP contribution in [0.3, 0.4) is 0 Å². The van der Waals surface area contributed by atoms with Crippen molar-refractivity contribution in [2.45, 2.75) is 12.5 Å². The number of benzene rings is 3. The van der Waals surface area contributed by atoms with Crippen molar-refractivity contribution in [1.29, 1.82) is 0 Å². The first-order valence-electron chi connectivity index (χ1n) is 8.39. The number of hydrogen-bond acceptors (Lipinski definition) is 2. The van der Waals surface area contributed by atoms with Crippen LogP contribution in [0.2, 0.25) is 0 Å². The van der Waals surface area contributed by atoms with Crippen LogP contribution in [0.1, 0.15) is 11.6 Å². The maximum absolute atomic E-state index is 14.0. The van der Waals surface area contributed by atoms with Gasteiger partial charge >= 0.3 is 0 Å². The molecule has 1 N–H and O–H groups in total. The first-order chi connectivity index (χ1) is 11.8. The molecule has 0 amide bonds. The molecular formula is C20H22Cl2F2N2. The Morgan fingerprint density at radius 1 is 0.808 bits per heavy atom. The predicted molar refractivity (Wildman–Crippen MR) is 109 cm³/mol. The van der Waals surface area contributed by atoms with Crippen molar-refractivity contribution < 1.29 is 8.78 Å². The molecule has 6 heteroatoms. The molecule has 4 rings (SSSR count). The highest BCUT2D eigenvalue weighted by Crippen LogP contribution is 2.37. The molecule has 0 aliphatic carbocycles. The molecule has 0 unspecified atom stereocenters. The summed E-state index contributed by atoms with van der Waals surface area (Å²) in [5.74, 6) is 0. The Bertz CT molecular complexity index is 867. The fraction of sp³-hybridized carbons (Fsp3) is 0.300. The van der Waals surface area contributed by atoms with Gasteiger partial charge in [0.2, 0.25) is 0 Å². The second-order valence-electron chi connectivity index (χ2n) is 6.30. The third kappa shape index (κ3) is 3.79. The number of hydrogen-bond donors (Lipinski definition) is 1. The number of halogens is 4.